The average molecular weight is 501 g/mol. The van der Waals surface area contributed by atoms with Crippen molar-refractivity contribution in [2.75, 3.05) is 13.2 Å². The van der Waals surface area contributed by atoms with E-state index in [-0.39, 0.29) is 48.2 Å². The first-order valence-corrected chi connectivity index (χ1v) is 13.9. The Balaban J connectivity index is 1.57. The molecule has 0 radical (unpaired) electrons. The summed E-state index contributed by atoms with van der Waals surface area (Å²) in [5.41, 5.74) is 0.787. The highest BCUT2D eigenvalue weighted by molar-refractivity contribution is 8.02. The number of benzene rings is 1. The lowest BCUT2D eigenvalue weighted by Crippen LogP contribution is -2.58. The largest absolute Gasteiger partial charge is 0.466 e. The molecule has 2 N–H and O–H groups in total. The third-order valence-corrected chi connectivity index (χ3v) is 10.7. The number of rotatable bonds is 7. The fraction of sp³-hybridized carbons (Fsp3) is 0.667. The van der Waals surface area contributed by atoms with E-state index >= 15 is 0 Å². The molecule has 3 heterocycles. The highest BCUT2D eigenvalue weighted by Crippen LogP contribution is 2.69. The lowest BCUT2D eigenvalue weighted by atomic mass is 9.66. The first kappa shape index (κ1) is 24.6. The SMILES string of the molecule is CCOC(=O)[C@@H]1[C@H]2C(=O)N([C@H](CO)c3ccccc3)C(C(=O)NC3CCCCC3)C23S[C@@H]1CC3C. The Bertz CT molecular complexity index is 968. The number of carbonyl (C=O) groups is 3. The molecule has 7 nitrogen and oxygen atoms in total. The number of amides is 2. The van der Waals surface area contributed by atoms with E-state index in [0.29, 0.717) is 0 Å². The number of nitrogens with one attached hydrogen (secondary N) is 1. The van der Waals surface area contributed by atoms with Gasteiger partial charge >= 0.3 is 5.97 Å². The predicted molar refractivity (Wildman–Crippen MR) is 133 cm³/mol. The summed E-state index contributed by atoms with van der Waals surface area (Å²) in [4.78, 5) is 43.0. The molecule has 3 saturated heterocycles. The van der Waals surface area contributed by atoms with Crippen LogP contribution in [0.1, 0.15) is 64.0 Å². The van der Waals surface area contributed by atoms with Crippen molar-refractivity contribution in [2.45, 2.75) is 80.5 Å². The Morgan fingerprint density at radius 1 is 1.23 bits per heavy atom. The summed E-state index contributed by atoms with van der Waals surface area (Å²) < 4.78 is 4.71. The van der Waals surface area contributed by atoms with Crippen molar-refractivity contribution in [3.05, 3.63) is 35.9 Å². The zero-order chi connectivity index (χ0) is 24.7. The second kappa shape index (κ2) is 9.77. The van der Waals surface area contributed by atoms with Gasteiger partial charge in [0.05, 0.1) is 35.8 Å². The number of likely N-dealkylation sites (tertiary alicyclic amines) is 1. The maximum Gasteiger partial charge on any atom is 0.310 e. The monoisotopic (exact) mass is 500 g/mol. The molecule has 1 spiro atoms. The molecule has 8 heteroatoms. The molecule has 1 saturated carbocycles. The Morgan fingerprint density at radius 2 is 1.94 bits per heavy atom. The molecule has 35 heavy (non-hydrogen) atoms. The molecule has 3 unspecified atom stereocenters. The van der Waals surface area contributed by atoms with Crippen LogP contribution in [0.4, 0.5) is 0 Å². The number of thioether (sulfide) groups is 1. The van der Waals surface area contributed by atoms with E-state index in [2.05, 4.69) is 12.2 Å². The number of fused-ring (bicyclic) bond motifs is 1. The summed E-state index contributed by atoms with van der Waals surface area (Å²) in [6.45, 7) is 3.85. The van der Waals surface area contributed by atoms with Crippen LogP contribution in [0.25, 0.3) is 0 Å². The summed E-state index contributed by atoms with van der Waals surface area (Å²) in [6, 6.07) is 8.11. The summed E-state index contributed by atoms with van der Waals surface area (Å²) in [7, 11) is 0. The van der Waals surface area contributed by atoms with Gasteiger partial charge in [0.2, 0.25) is 11.8 Å². The van der Waals surface area contributed by atoms with E-state index in [1.54, 1.807) is 23.6 Å². The standard InChI is InChI=1S/C27H36N2O5S/c1-3-34-26(33)21-20-14-16(2)27(35-20)22(21)25(32)29(19(15-30)17-10-6-4-7-11-17)23(27)24(31)28-18-12-8-5-9-13-18/h4,6-7,10-11,16,18-23,30H,3,5,8-9,12-15H2,1-2H3,(H,28,31)/t16?,19-,20-,21+,22+,23?,27?/m1/s1. The number of aliphatic hydroxyl groups excluding tert-OH is 1. The summed E-state index contributed by atoms with van der Waals surface area (Å²) in [6.07, 6.45) is 6.03. The maximum atomic E-state index is 14.2. The van der Waals surface area contributed by atoms with Crippen molar-refractivity contribution in [3.8, 4) is 0 Å². The Labute approximate surface area is 211 Å². The zero-order valence-corrected chi connectivity index (χ0v) is 21.3. The van der Waals surface area contributed by atoms with Crippen LogP contribution in [0.3, 0.4) is 0 Å². The van der Waals surface area contributed by atoms with E-state index in [0.717, 1.165) is 37.7 Å². The van der Waals surface area contributed by atoms with Crippen molar-refractivity contribution in [1.82, 2.24) is 10.2 Å². The van der Waals surface area contributed by atoms with Crippen LogP contribution in [0.5, 0.6) is 0 Å². The molecule has 1 aliphatic carbocycles. The number of ether oxygens (including phenoxy) is 1. The molecule has 2 bridgehead atoms. The molecule has 2 amide bonds. The van der Waals surface area contributed by atoms with Gasteiger partial charge < -0.3 is 20.1 Å². The van der Waals surface area contributed by atoms with Gasteiger partial charge in [0.15, 0.2) is 0 Å². The molecule has 1 aromatic carbocycles. The van der Waals surface area contributed by atoms with E-state index in [4.69, 9.17) is 4.74 Å². The molecule has 4 aliphatic rings. The number of hydrogen-bond acceptors (Lipinski definition) is 6. The van der Waals surface area contributed by atoms with E-state index in [9.17, 15) is 19.5 Å². The highest BCUT2D eigenvalue weighted by atomic mass is 32.2. The molecule has 7 atom stereocenters. The van der Waals surface area contributed by atoms with Crippen LogP contribution in [0, 0.1) is 17.8 Å². The summed E-state index contributed by atoms with van der Waals surface area (Å²) in [5.74, 6) is -1.80. The molecule has 3 aliphatic heterocycles. The zero-order valence-electron chi connectivity index (χ0n) is 20.5. The van der Waals surface area contributed by atoms with Gasteiger partial charge in [-0.25, -0.2) is 0 Å². The van der Waals surface area contributed by atoms with Gasteiger partial charge in [0, 0.05) is 11.3 Å². The first-order valence-electron chi connectivity index (χ1n) is 13.1. The quantitative estimate of drug-likeness (QED) is 0.559. The van der Waals surface area contributed by atoms with E-state index in [1.807, 2.05) is 30.3 Å². The van der Waals surface area contributed by atoms with Crippen LogP contribution < -0.4 is 5.32 Å². The minimum absolute atomic E-state index is 0.0329. The highest BCUT2D eigenvalue weighted by Gasteiger charge is 2.77. The number of carbonyl (C=O) groups excluding carboxylic acids is 3. The van der Waals surface area contributed by atoms with Crippen molar-refractivity contribution in [2.24, 2.45) is 17.8 Å². The third kappa shape index (κ3) is 3.88. The van der Waals surface area contributed by atoms with Crippen LogP contribution in [0.15, 0.2) is 30.3 Å². The van der Waals surface area contributed by atoms with Gasteiger partial charge in [-0.05, 0) is 37.7 Å². The molecular weight excluding hydrogens is 464 g/mol. The minimum atomic E-state index is -0.747. The first-order chi connectivity index (χ1) is 16.9. The van der Waals surface area contributed by atoms with Crippen molar-refractivity contribution >= 4 is 29.5 Å². The second-order valence-corrected chi connectivity index (χ2v) is 12.1. The van der Waals surface area contributed by atoms with E-state index in [1.165, 1.54) is 6.42 Å². The van der Waals surface area contributed by atoms with Gasteiger partial charge in [-0.15, -0.1) is 11.8 Å². The van der Waals surface area contributed by atoms with Crippen LogP contribution in [0.2, 0.25) is 0 Å². The molecule has 190 valence electrons. The third-order valence-electron chi connectivity index (χ3n) is 8.64. The van der Waals surface area contributed by atoms with Crippen LogP contribution in [-0.2, 0) is 19.1 Å². The minimum Gasteiger partial charge on any atom is -0.466 e. The Hall–Kier alpha value is -2.06. The van der Waals surface area contributed by atoms with E-state index < -0.39 is 28.7 Å². The summed E-state index contributed by atoms with van der Waals surface area (Å²) >= 11 is 1.64. The van der Waals surface area contributed by atoms with Gasteiger partial charge in [0.25, 0.3) is 0 Å². The Kier molecular flexibility index (Phi) is 6.87. The van der Waals surface area contributed by atoms with Gasteiger partial charge in [-0.1, -0.05) is 56.5 Å². The fourth-order valence-electron chi connectivity index (χ4n) is 7.16. The van der Waals surface area contributed by atoms with Gasteiger partial charge in [0.1, 0.15) is 6.04 Å². The number of hydrogen-bond donors (Lipinski definition) is 2. The lowest BCUT2D eigenvalue weighted by Gasteiger charge is -2.40. The number of esters is 1. The summed E-state index contributed by atoms with van der Waals surface area (Å²) in [5, 5.41) is 13.8. The maximum absolute atomic E-state index is 14.2. The van der Waals surface area contributed by atoms with Gasteiger partial charge in [-0.3, -0.25) is 14.4 Å². The number of nitrogens with zero attached hydrogens (tertiary/aromatic N) is 1. The smallest absolute Gasteiger partial charge is 0.310 e. The molecule has 0 aromatic heterocycles. The second-order valence-electron chi connectivity index (χ2n) is 10.5. The molecular formula is C27H36N2O5S. The van der Waals surface area contributed by atoms with Crippen LogP contribution >= 0.6 is 11.8 Å². The Morgan fingerprint density at radius 3 is 2.60 bits per heavy atom. The van der Waals surface area contributed by atoms with Crippen molar-refractivity contribution < 1.29 is 24.2 Å². The number of aliphatic hydroxyl groups is 1. The normalized spacial score (nSPS) is 35.1. The average Bonchev–Trinajstić information content (AvgIpc) is 3.45. The lowest BCUT2D eigenvalue weighted by molar-refractivity contribution is -0.154. The molecule has 1 aromatic rings. The fourth-order valence-corrected chi connectivity index (χ4v) is 9.55. The predicted octanol–water partition coefficient (Wildman–Crippen LogP) is 3.07. The van der Waals surface area contributed by atoms with Crippen molar-refractivity contribution in [3.63, 3.8) is 0 Å². The molecule has 5 rings (SSSR count). The van der Waals surface area contributed by atoms with Gasteiger partial charge in [-0.2, -0.15) is 0 Å². The van der Waals surface area contributed by atoms with Crippen molar-refractivity contribution in [1.29, 1.82) is 0 Å². The topological polar surface area (TPSA) is 95.9 Å². The van der Waals surface area contributed by atoms with Crippen LogP contribution in [-0.4, -0.2) is 63.1 Å². The molecule has 4 fully saturated rings.